The summed E-state index contributed by atoms with van der Waals surface area (Å²) >= 11 is 6.16. The predicted molar refractivity (Wildman–Crippen MR) is 139 cm³/mol. The van der Waals surface area contributed by atoms with Gasteiger partial charge >= 0.3 is 0 Å². The van der Waals surface area contributed by atoms with Gasteiger partial charge in [0.2, 0.25) is 5.91 Å². The largest absolute Gasteiger partial charge is 0.455 e. The summed E-state index contributed by atoms with van der Waals surface area (Å²) in [5.41, 5.74) is 1.58. The molecule has 1 amide bonds. The number of hydrogen-bond acceptors (Lipinski definition) is 4. The Balaban J connectivity index is 1.64. The van der Waals surface area contributed by atoms with Crippen molar-refractivity contribution in [2.45, 2.75) is 11.8 Å². The fourth-order valence-electron chi connectivity index (χ4n) is 3.44. The van der Waals surface area contributed by atoms with Gasteiger partial charge in [0.05, 0.1) is 16.3 Å². The molecule has 0 aliphatic rings. The lowest BCUT2D eigenvalue weighted by atomic mass is 10.2. The van der Waals surface area contributed by atoms with Crippen LogP contribution in [0.5, 0.6) is 11.5 Å². The van der Waals surface area contributed by atoms with Gasteiger partial charge in [-0.2, -0.15) is 0 Å². The van der Waals surface area contributed by atoms with E-state index in [1.165, 1.54) is 12.1 Å². The van der Waals surface area contributed by atoms with Gasteiger partial charge in [0.1, 0.15) is 12.3 Å². The predicted octanol–water partition coefficient (Wildman–Crippen LogP) is 6.27. The van der Waals surface area contributed by atoms with Crippen LogP contribution < -0.4 is 14.4 Å². The van der Waals surface area contributed by atoms with E-state index in [2.05, 4.69) is 5.32 Å². The Kier molecular flexibility index (Phi) is 7.39. The summed E-state index contributed by atoms with van der Waals surface area (Å²) in [7, 11) is -4.01. The molecule has 35 heavy (non-hydrogen) atoms. The minimum atomic E-state index is -4.01. The number of amides is 1. The van der Waals surface area contributed by atoms with E-state index in [1.807, 2.05) is 31.2 Å². The Morgan fingerprint density at radius 1 is 0.886 bits per heavy atom. The highest BCUT2D eigenvalue weighted by molar-refractivity contribution is 7.92. The number of rotatable bonds is 8. The van der Waals surface area contributed by atoms with Crippen LogP contribution in [0.2, 0.25) is 5.02 Å². The van der Waals surface area contributed by atoms with Crippen LogP contribution in [-0.2, 0) is 14.8 Å². The van der Waals surface area contributed by atoms with E-state index in [0.29, 0.717) is 27.9 Å². The van der Waals surface area contributed by atoms with Gasteiger partial charge in [0, 0.05) is 5.02 Å². The molecular formula is C27H23ClN2O4S. The topological polar surface area (TPSA) is 75.7 Å². The fourth-order valence-corrected chi connectivity index (χ4v) is 5.05. The maximum absolute atomic E-state index is 13.5. The molecule has 0 saturated heterocycles. The lowest BCUT2D eigenvalue weighted by Gasteiger charge is -2.24. The number of carbonyl (C=O) groups excluding carboxylic acids is 1. The molecule has 0 aliphatic carbocycles. The molecule has 178 valence electrons. The monoisotopic (exact) mass is 506 g/mol. The summed E-state index contributed by atoms with van der Waals surface area (Å²) in [5, 5.41) is 3.15. The SMILES string of the molecule is Cc1cccc(N(CC(=O)Nc2cc(Cl)ccc2Oc2ccccc2)S(=O)(=O)c2ccccc2)c1. The van der Waals surface area contributed by atoms with Gasteiger partial charge in [0.25, 0.3) is 10.0 Å². The van der Waals surface area contributed by atoms with Crippen molar-refractivity contribution in [1.29, 1.82) is 0 Å². The zero-order chi connectivity index (χ0) is 24.8. The molecule has 8 heteroatoms. The van der Waals surface area contributed by atoms with Crippen molar-refractivity contribution in [3.8, 4) is 11.5 Å². The standard InChI is InChI=1S/C27H23ClN2O4S/c1-20-9-8-10-22(17-20)30(35(32,33)24-13-6-3-7-14-24)19-27(31)29-25-18-21(28)15-16-26(25)34-23-11-4-2-5-12-23/h2-18H,19H2,1H3,(H,29,31). The molecule has 0 spiro atoms. The molecule has 0 aromatic heterocycles. The normalized spacial score (nSPS) is 11.0. The second-order valence-electron chi connectivity index (χ2n) is 7.77. The average molecular weight is 507 g/mol. The van der Waals surface area contributed by atoms with Crippen LogP contribution in [0.25, 0.3) is 0 Å². The summed E-state index contributed by atoms with van der Waals surface area (Å²) in [4.78, 5) is 13.2. The Morgan fingerprint density at radius 2 is 1.57 bits per heavy atom. The van der Waals surface area contributed by atoms with E-state index in [4.69, 9.17) is 16.3 Å². The van der Waals surface area contributed by atoms with Gasteiger partial charge in [-0.25, -0.2) is 8.42 Å². The van der Waals surface area contributed by atoms with Crippen molar-refractivity contribution in [2.75, 3.05) is 16.2 Å². The molecule has 0 radical (unpaired) electrons. The first-order valence-corrected chi connectivity index (χ1v) is 12.6. The van der Waals surface area contributed by atoms with Crippen molar-refractivity contribution in [2.24, 2.45) is 0 Å². The Morgan fingerprint density at radius 3 is 2.26 bits per heavy atom. The van der Waals surface area contributed by atoms with Gasteiger partial charge in [-0.1, -0.05) is 60.1 Å². The fraction of sp³-hybridized carbons (Fsp3) is 0.0741. The molecule has 6 nitrogen and oxygen atoms in total. The highest BCUT2D eigenvalue weighted by atomic mass is 35.5. The van der Waals surface area contributed by atoms with Gasteiger partial charge < -0.3 is 10.1 Å². The highest BCUT2D eigenvalue weighted by Gasteiger charge is 2.27. The third kappa shape index (κ3) is 6.01. The first-order chi connectivity index (χ1) is 16.8. The van der Waals surface area contributed by atoms with Crippen LogP contribution in [-0.4, -0.2) is 20.9 Å². The van der Waals surface area contributed by atoms with Crippen LogP contribution in [0.4, 0.5) is 11.4 Å². The molecule has 1 N–H and O–H groups in total. The van der Waals surface area contributed by atoms with Crippen LogP contribution in [0.15, 0.2) is 108 Å². The van der Waals surface area contributed by atoms with E-state index in [0.717, 1.165) is 9.87 Å². The summed E-state index contributed by atoms with van der Waals surface area (Å²) < 4.78 is 34.0. The molecule has 0 heterocycles. The van der Waals surface area contributed by atoms with Crippen LogP contribution in [0.1, 0.15) is 5.56 Å². The molecule has 0 saturated carbocycles. The number of halogens is 1. The second-order valence-corrected chi connectivity index (χ2v) is 10.1. The number of nitrogens with one attached hydrogen (secondary N) is 1. The number of nitrogens with zero attached hydrogens (tertiary/aromatic N) is 1. The smallest absolute Gasteiger partial charge is 0.264 e. The summed E-state index contributed by atoms with van der Waals surface area (Å²) in [6, 6.07) is 28.9. The Hall–Kier alpha value is -3.81. The molecule has 4 aromatic carbocycles. The molecule has 0 bridgehead atoms. The number of benzene rings is 4. The van der Waals surface area contributed by atoms with Crippen molar-refractivity contribution >= 4 is 38.9 Å². The van der Waals surface area contributed by atoms with Crippen LogP contribution >= 0.6 is 11.6 Å². The van der Waals surface area contributed by atoms with Crippen LogP contribution in [0.3, 0.4) is 0 Å². The number of sulfonamides is 1. The van der Waals surface area contributed by atoms with Gasteiger partial charge in [-0.05, 0) is 67.1 Å². The molecule has 0 atom stereocenters. The van der Waals surface area contributed by atoms with Gasteiger partial charge in [-0.15, -0.1) is 0 Å². The van der Waals surface area contributed by atoms with E-state index in [-0.39, 0.29) is 4.90 Å². The third-order valence-corrected chi connectivity index (χ3v) is 7.12. The third-order valence-electron chi connectivity index (χ3n) is 5.09. The van der Waals surface area contributed by atoms with E-state index < -0.39 is 22.5 Å². The first-order valence-electron chi connectivity index (χ1n) is 10.8. The quantitative estimate of drug-likeness (QED) is 0.305. The van der Waals surface area contributed by atoms with Crippen LogP contribution in [0, 0.1) is 6.92 Å². The van der Waals surface area contributed by atoms with E-state index in [1.54, 1.807) is 66.7 Å². The zero-order valence-corrected chi connectivity index (χ0v) is 20.5. The minimum absolute atomic E-state index is 0.0881. The molecule has 0 fully saturated rings. The number of para-hydroxylation sites is 1. The summed E-state index contributed by atoms with van der Waals surface area (Å²) in [5.74, 6) is 0.409. The second kappa shape index (κ2) is 10.6. The van der Waals surface area contributed by atoms with Crippen molar-refractivity contribution in [1.82, 2.24) is 0 Å². The zero-order valence-electron chi connectivity index (χ0n) is 18.9. The molecule has 4 rings (SSSR count). The van der Waals surface area contributed by atoms with Gasteiger partial charge in [-0.3, -0.25) is 9.10 Å². The molecule has 4 aromatic rings. The van der Waals surface area contributed by atoms with Crippen molar-refractivity contribution in [3.05, 3.63) is 114 Å². The maximum Gasteiger partial charge on any atom is 0.264 e. The Labute approximate surface area is 209 Å². The summed E-state index contributed by atoms with van der Waals surface area (Å²) in [6.07, 6.45) is 0. The Bertz CT molecular complexity index is 1430. The van der Waals surface area contributed by atoms with E-state index >= 15 is 0 Å². The average Bonchev–Trinajstić information content (AvgIpc) is 2.85. The maximum atomic E-state index is 13.5. The molecule has 0 unspecified atom stereocenters. The first kappa shape index (κ1) is 24.3. The van der Waals surface area contributed by atoms with Gasteiger partial charge in [0.15, 0.2) is 5.75 Å². The number of ether oxygens (including phenoxy) is 1. The number of hydrogen-bond donors (Lipinski definition) is 1. The minimum Gasteiger partial charge on any atom is -0.455 e. The number of aryl methyl sites for hydroxylation is 1. The van der Waals surface area contributed by atoms with Crippen molar-refractivity contribution in [3.63, 3.8) is 0 Å². The van der Waals surface area contributed by atoms with Crippen molar-refractivity contribution < 1.29 is 17.9 Å². The lowest BCUT2D eigenvalue weighted by molar-refractivity contribution is -0.114. The highest BCUT2D eigenvalue weighted by Crippen LogP contribution is 2.32. The molecular weight excluding hydrogens is 484 g/mol. The lowest BCUT2D eigenvalue weighted by Crippen LogP contribution is -2.38. The molecule has 0 aliphatic heterocycles. The summed E-state index contributed by atoms with van der Waals surface area (Å²) in [6.45, 7) is 1.41. The van der Waals surface area contributed by atoms with E-state index in [9.17, 15) is 13.2 Å². The number of anilines is 2. The number of carbonyl (C=O) groups is 1.